The molecule has 1 heterocycles. The summed E-state index contributed by atoms with van der Waals surface area (Å²) in [5.41, 5.74) is 4.68. The number of ether oxygens (including phenoxy) is 1. The Hall–Kier alpha value is -3.54. The lowest BCUT2D eigenvalue weighted by Gasteiger charge is -2.16. The minimum atomic E-state index is -0.769. The molecule has 0 saturated heterocycles. The maximum absolute atomic E-state index is 11.6. The molecular formula is C25H26N2O4. The van der Waals surface area contributed by atoms with Gasteiger partial charge in [-0.2, -0.15) is 0 Å². The van der Waals surface area contributed by atoms with E-state index in [1.807, 2.05) is 24.3 Å². The molecule has 4 rings (SSSR count). The number of aromatic nitrogens is 1. The highest BCUT2D eigenvalue weighted by Gasteiger charge is 2.24. The topological polar surface area (TPSA) is 85.5 Å². The second-order valence-corrected chi connectivity index (χ2v) is 7.85. The van der Waals surface area contributed by atoms with Gasteiger partial charge in [0.1, 0.15) is 5.75 Å². The zero-order chi connectivity index (χ0) is 21.6. The lowest BCUT2D eigenvalue weighted by atomic mass is 9.89. The number of nitrogens with one attached hydrogen (secondary N) is 1. The van der Waals surface area contributed by atoms with Crippen LogP contribution in [0.15, 0.2) is 66.9 Å². The molecule has 6 heteroatoms. The SMILES string of the molecule is O=C(O)C[C@@H]1Cc2ccc(OCCCNc3cccc[n+]3[O-])cc2Cc2ccccc21. The van der Waals surface area contributed by atoms with Crippen LogP contribution in [0.3, 0.4) is 0 Å². The first kappa shape index (κ1) is 20.7. The van der Waals surface area contributed by atoms with Crippen molar-refractivity contribution in [2.75, 3.05) is 18.5 Å². The highest BCUT2D eigenvalue weighted by molar-refractivity contribution is 5.68. The van der Waals surface area contributed by atoms with Gasteiger partial charge in [-0.05, 0) is 59.2 Å². The van der Waals surface area contributed by atoms with E-state index in [1.165, 1.54) is 22.9 Å². The number of hydrogen-bond acceptors (Lipinski definition) is 4. The number of carbonyl (C=O) groups is 1. The number of nitrogens with zero attached hydrogens (tertiary/aromatic N) is 1. The quantitative estimate of drug-likeness (QED) is 0.329. The number of carboxylic acids is 1. The Bertz CT molecular complexity index is 1070. The van der Waals surface area contributed by atoms with Crippen molar-refractivity contribution in [1.82, 2.24) is 0 Å². The van der Waals surface area contributed by atoms with Gasteiger partial charge in [0, 0.05) is 12.5 Å². The predicted molar refractivity (Wildman–Crippen MR) is 118 cm³/mol. The molecule has 0 unspecified atom stereocenters. The Balaban J connectivity index is 1.39. The van der Waals surface area contributed by atoms with E-state index in [0.29, 0.717) is 19.0 Å². The first-order valence-electron chi connectivity index (χ1n) is 10.6. The van der Waals surface area contributed by atoms with Crippen molar-refractivity contribution in [2.24, 2.45) is 0 Å². The molecule has 3 aromatic rings. The average Bonchev–Trinajstić information content (AvgIpc) is 2.90. The molecule has 6 nitrogen and oxygen atoms in total. The van der Waals surface area contributed by atoms with E-state index in [9.17, 15) is 15.1 Å². The molecule has 0 bridgehead atoms. The molecular weight excluding hydrogens is 392 g/mol. The third-order valence-corrected chi connectivity index (χ3v) is 5.66. The van der Waals surface area contributed by atoms with Gasteiger partial charge in [-0.25, -0.2) is 4.73 Å². The molecule has 0 radical (unpaired) electrons. The maximum atomic E-state index is 11.6. The molecule has 0 saturated carbocycles. The molecule has 0 amide bonds. The van der Waals surface area contributed by atoms with Crippen LogP contribution < -0.4 is 14.8 Å². The van der Waals surface area contributed by atoms with Crippen LogP contribution in [-0.2, 0) is 17.6 Å². The van der Waals surface area contributed by atoms with Crippen LogP contribution in [0, 0.1) is 5.21 Å². The van der Waals surface area contributed by atoms with E-state index in [-0.39, 0.29) is 12.3 Å². The van der Waals surface area contributed by atoms with Crippen LogP contribution in [0.25, 0.3) is 0 Å². The van der Waals surface area contributed by atoms with E-state index < -0.39 is 5.97 Å². The van der Waals surface area contributed by atoms with Crippen molar-refractivity contribution >= 4 is 11.8 Å². The van der Waals surface area contributed by atoms with Gasteiger partial charge in [-0.3, -0.25) is 10.1 Å². The predicted octanol–water partition coefficient (Wildman–Crippen LogP) is 3.91. The van der Waals surface area contributed by atoms with Gasteiger partial charge in [0.2, 0.25) is 0 Å². The molecule has 1 aromatic heterocycles. The summed E-state index contributed by atoms with van der Waals surface area (Å²) in [6, 6.07) is 19.5. The minimum absolute atomic E-state index is 0.0189. The van der Waals surface area contributed by atoms with Gasteiger partial charge in [-0.1, -0.05) is 36.4 Å². The first-order chi connectivity index (χ1) is 15.1. The summed E-state index contributed by atoms with van der Waals surface area (Å²) in [4.78, 5) is 11.4. The Morgan fingerprint density at radius 3 is 2.77 bits per heavy atom. The Labute approximate surface area is 181 Å². The molecule has 2 N–H and O–H groups in total. The van der Waals surface area contributed by atoms with E-state index in [2.05, 4.69) is 29.6 Å². The largest absolute Gasteiger partial charge is 0.711 e. The molecule has 2 aromatic carbocycles. The second kappa shape index (κ2) is 9.51. The van der Waals surface area contributed by atoms with Crippen LogP contribution >= 0.6 is 0 Å². The van der Waals surface area contributed by atoms with Gasteiger partial charge in [-0.15, -0.1) is 0 Å². The van der Waals surface area contributed by atoms with Crippen LogP contribution in [0.2, 0.25) is 0 Å². The average molecular weight is 418 g/mol. The maximum Gasteiger partial charge on any atom is 0.303 e. The zero-order valence-electron chi connectivity index (χ0n) is 17.3. The monoisotopic (exact) mass is 418 g/mol. The molecule has 1 aliphatic carbocycles. The molecule has 160 valence electrons. The molecule has 31 heavy (non-hydrogen) atoms. The van der Waals surface area contributed by atoms with Gasteiger partial charge >= 0.3 is 5.97 Å². The number of aliphatic carboxylic acids is 1. The standard InChI is InChI=1S/C25H26N2O4/c28-25(29)17-21-14-18-9-10-22(16-20(18)15-19-6-1-2-7-23(19)21)31-13-5-11-26-24-8-3-4-12-27(24)30/h1-4,6-10,12,16,21,26H,5,11,13-15,17H2,(H,28,29)/t21-/m0/s1. The number of fused-ring (bicyclic) bond motifs is 2. The van der Waals surface area contributed by atoms with Gasteiger partial charge in [0.15, 0.2) is 0 Å². The Morgan fingerprint density at radius 1 is 1.10 bits per heavy atom. The lowest BCUT2D eigenvalue weighted by Crippen LogP contribution is -2.30. The van der Waals surface area contributed by atoms with E-state index in [4.69, 9.17) is 4.74 Å². The normalized spacial score (nSPS) is 14.8. The van der Waals surface area contributed by atoms with Crippen molar-refractivity contribution in [3.63, 3.8) is 0 Å². The smallest absolute Gasteiger partial charge is 0.303 e. The van der Waals surface area contributed by atoms with Gasteiger partial charge in [0.05, 0.1) is 25.8 Å². The molecule has 0 aliphatic heterocycles. The highest BCUT2D eigenvalue weighted by atomic mass is 16.5. The number of anilines is 1. The summed E-state index contributed by atoms with van der Waals surface area (Å²) in [7, 11) is 0. The summed E-state index contributed by atoms with van der Waals surface area (Å²) in [6.07, 6.45) is 3.85. The lowest BCUT2D eigenvalue weighted by molar-refractivity contribution is -0.590. The molecule has 1 aliphatic rings. The number of pyridine rings is 1. The molecule has 0 spiro atoms. The van der Waals surface area contributed by atoms with Crippen molar-refractivity contribution in [3.8, 4) is 5.75 Å². The zero-order valence-corrected chi connectivity index (χ0v) is 17.3. The van der Waals surface area contributed by atoms with Gasteiger partial charge in [0.25, 0.3) is 5.82 Å². The van der Waals surface area contributed by atoms with Crippen LogP contribution in [0.5, 0.6) is 5.75 Å². The molecule has 1 atom stereocenters. The fourth-order valence-corrected chi connectivity index (χ4v) is 4.17. The van der Waals surface area contributed by atoms with Crippen LogP contribution in [-0.4, -0.2) is 24.2 Å². The van der Waals surface area contributed by atoms with E-state index in [0.717, 1.165) is 35.3 Å². The van der Waals surface area contributed by atoms with Crippen molar-refractivity contribution in [1.29, 1.82) is 0 Å². The third-order valence-electron chi connectivity index (χ3n) is 5.66. The van der Waals surface area contributed by atoms with Crippen molar-refractivity contribution in [3.05, 3.63) is 94.3 Å². The fourth-order valence-electron chi connectivity index (χ4n) is 4.17. The summed E-state index contributed by atoms with van der Waals surface area (Å²) in [6.45, 7) is 1.18. The van der Waals surface area contributed by atoms with Crippen molar-refractivity contribution in [2.45, 2.75) is 31.6 Å². The fraction of sp³-hybridized carbons (Fsp3) is 0.280. The molecule has 0 fully saturated rings. The third kappa shape index (κ3) is 5.15. The Morgan fingerprint density at radius 2 is 1.94 bits per heavy atom. The number of rotatable bonds is 8. The van der Waals surface area contributed by atoms with E-state index in [1.54, 1.807) is 12.1 Å². The summed E-state index contributed by atoms with van der Waals surface area (Å²) >= 11 is 0. The number of carboxylic acid groups (broad SMARTS) is 1. The number of hydrogen-bond donors (Lipinski definition) is 2. The second-order valence-electron chi connectivity index (χ2n) is 7.85. The van der Waals surface area contributed by atoms with E-state index >= 15 is 0 Å². The number of benzene rings is 2. The minimum Gasteiger partial charge on any atom is -0.711 e. The van der Waals surface area contributed by atoms with Crippen LogP contribution in [0.4, 0.5) is 5.82 Å². The van der Waals surface area contributed by atoms with Crippen molar-refractivity contribution < 1.29 is 19.4 Å². The summed E-state index contributed by atoms with van der Waals surface area (Å²) in [5, 5.41) is 24.1. The Kier molecular flexibility index (Phi) is 6.36. The van der Waals surface area contributed by atoms with Crippen LogP contribution in [0.1, 0.15) is 41.0 Å². The summed E-state index contributed by atoms with van der Waals surface area (Å²) in [5.74, 6) is 0.554. The summed E-state index contributed by atoms with van der Waals surface area (Å²) < 4.78 is 6.75. The first-order valence-corrected chi connectivity index (χ1v) is 10.6. The highest BCUT2D eigenvalue weighted by Crippen LogP contribution is 2.35. The van der Waals surface area contributed by atoms with Gasteiger partial charge < -0.3 is 15.1 Å².